The summed E-state index contributed by atoms with van der Waals surface area (Å²) in [7, 11) is 0. The van der Waals surface area contributed by atoms with Gasteiger partial charge in [-0.1, -0.05) is 49.6 Å². The fourth-order valence-corrected chi connectivity index (χ4v) is 2.39. The zero-order chi connectivity index (χ0) is 13.8. The molecule has 0 spiro atoms. The summed E-state index contributed by atoms with van der Waals surface area (Å²) in [6.45, 7) is 12.2. The Morgan fingerprint density at radius 1 is 1.11 bits per heavy atom. The zero-order valence-electron chi connectivity index (χ0n) is 11.6. The Hall–Kier alpha value is -2.28. The number of hydrogen-bond acceptors (Lipinski definition) is 0. The van der Waals surface area contributed by atoms with Gasteiger partial charge in [0, 0.05) is 21.8 Å². The predicted molar refractivity (Wildman–Crippen MR) is 85.5 cm³/mol. The van der Waals surface area contributed by atoms with E-state index in [9.17, 15) is 0 Å². The number of hydrogen-bond donors (Lipinski definition) is 0. The highest BCUT2D eigenvalue weighted by molar-refractivity contribution is 5.66. The van der Waals surface area contributed by atoms with E-state index in [2.05, 4.69) is 42.0 Å². The molecule has 0 unspecified atom stereocenters. The number of allylic oxidation sites excluding steroid dienone is 1. The summed E-state index contributed by atoms with van der Waals surface area (Å²) in [6.07, 6.45) is 8.11. The van der Waals surface area contributed by atoms with Crippen molar-refractivity contribution in [1.82, 2.24) is 4.57 Å². The Morgan fingerprint density at radius 2 is 1.79 bits per heavy atom. The van der Waals surface area contributed by atoms with Gasteiger partial charge in [-0.15, -0.1) is 0 Å². The van der Waals surface area contributed by atoms with E-state index in [-0.39, 0.29) is 0 Å². The maximum atomic E-state index is 4.21. The van der Waals surface area contributed by atoms with Gasteiger partial charge in [0.25, 0.3) is 0 Å². The number of rotatable bonds is 3. The van der Waals surface area contributed by atoms with Crippen LogP contribution in [0.1, 0.15) is 25.1 Å². The molecular formula is C18H19N. The highest BCUT2D eigenvalue weighted by Gasteiger charge is 2.10. The zero-order valence-corrected chi connectivity index (χ0v) is 11.6. The van der Waals surface area contributed by atoms with E-state index in [1.165, 1.54) is 0 Å². The van der Waals surface area contributed by atoms with Crippen molar-refractivity contribution < 1.29 is 0 Å². The molecule has 0 bridgehead atoms. The molecule has 0 fully saturated rings. The van der Waals surface area contributed by atoms with E-state index >= 15 is 0 Å². The minimum absolute atomic E-state index is 1.04. The van der Waals surface area contributed by atoms with Gasteiger partial charge in [0.05, 0.1) is 5.69 Å². The van der Waals surface area contributed by atoms with Crippen LogP contribution in [0.15, 0.2) is 43.0 Å². The average Bonchev–Trinajstić information content (AvgIpc) is 2.72. The van der Waals surface area contributed by atoms with Crippen molar-refractivity contribution >= 4 is 24.8 Å². The summed E-state index contributed by atoms with van der Waals surface area (Å²) in [4.78, 5) is 0. The number of nitrogens with zero attached hydrogens (tertiary/aromatic N) is 1. The molecule has 1 aromatic carbocycles. The van der Waals surface area contributed by atoms with Crippen LogP contribution in [-0.2, 0) is 0 Å². The van der Waals surface area contributed by atoms with E-state index in [4.69, 9.17) is 0 Å². The fourth-order valence-electron chi connectivity index (χ4n) is 2.39. The van der Waals surface area contributed by atoms with Gasteiger partial charge in [0.1, 0.15) is 0 Å². The minimum Gasteiger partial charge on any atom is -0.310 e. The van der Waals surface area contributed by atoms with Gasteiger partial charge >= 0.3 is 0 Å². The second-order valence-corrected chi connectivity index (χ2v) is 4.33. The van der Waals surface area contributed by atoms with E-state index in [0.29, 0.717) is 0 Å². The van der Waals surface area contributed by atoms with Crippen molar-refractivity contribution in [2.75, 3.05) is 0 Å². The molecule has 0 aliphatic heterocycles. The van der Waals surface area contributed by atoms with E-state index in [1.807, 2.05) is 44.2 Å². The van der Waals surface area contributed by atoms with Gasteiger partial charge in [-0.2, -0.15) is 0 Å². The maximum absolute atomic E-state index is 4.21. The molecular weight excluding hydrogens is 230 g/mol. The molecule has 19 heavy (non-hydrogen) atoms. The summed E-state index contributed by atoms with van der Waals surface area (Å²) in [5.74, 6) is 0. The maximum Gasteiger partial charge on any atom is 0.0534 e. The Bertz CT molecular complexity index is 715. The van der Waals surface area contributed by atoms with Crippen molar-refractivity contribution in [2.24, 2.45) is 0 Å². The molecule has 0 radical (unpaired) electrons. The van der Waals surface area contributed by atoms with Crippen molar-refractivity contribution in [1.29, 1.82) is 0 Å². The van der Waals surface area contributed by atoms with Crippen molar-refractivity contribution in [3.8, 4) is 5.69 Å². The molecule has 0 aliphatic carbocycles. The monoisotopic (exact) mass is 249 g/mol. The van der Waals surface area contributed by atoms with Gasteiger partial charge in [0.2, 0.25) is 0 Å². The fraction of sp³-hybridized carbons (Fsp3) is 0.111. The van der Waals surface area contributed by atoms with E-state index < -0.39 is 0 Å². The van der Waals surface area contributed by atoms with Gasteiger partial charge in [-0.3, -0.25) is 0 Å². The molecule has 0 amide bonds. The molecule has 1 aromatic heterocycles. The lowest BCUT2D eigenvalue weighted by Crippen LogP contribution is -2.27. The van der Waals surface area contributed by atoms with Crippen LogP contribution in [0, 0.1) is 0 Å². The lowest BCUT2D eigenvalue weighted by atomic mass is 10.2. The van der Waals surface area contributed by atoms with Gasteiger partial charge in [-0.05, 0) is 32.1 Å². The first-order valence-corrected chi connectivity index (χ1v) is 6.45. The van der Waals surface area contributed by atoms with Crippen LogP contribution in [0.25, 0.3) is 30.5 Å². The molecule has 1 nitrogen and oxygen atoms in total. The summed E-state index contributed by atoms with van der Waals surface area (Å²) in [5.41, 5.74) is 3.35. The standard InChI is InChI=1S/C18H19N/c1-5-11-16-14(4)17(6-2)19(18(16)7-3)15-12-9-8-10-13-15/h5-13H,3-4H2,1-2H3/b11-5-,17-6+. The highest BCUT2D eigenvalue weighted by atomic mass is 15.0. The molecule has 96 valence electrons. The normalized spacial score (nSPS) is 12.2. The number of benzene rings is 1. The minimum atomic E-state index is 1.04. The van der Waals surface area contributed by atoms with Crippen LogP contribution in [0.3, 0.4) is 0 Å². The molecule has 0 N–H and O–H groups in total. The van der Waals surface area contributed by atoms with Crippen LogP contribution in [-0.4, -0.2) is 4.57 Å². The first kappa shape index (κ1) is 13.2. The summed E-state index contributed by atoms with van der Waals surface area (Å²) >= 11 is 0. The largest absolute Gasteiger partial charge is 0.310 e. The SMILES string of the molecule is C=Cc1c(/C=C\C)c(=C)/c(=C\C)n1-c1ccccc1. The van der Waals surface area contributed by atoms with Gasteiger partial charge in [0.15, 0.2) is 0 Å². The van der Waals surface area contributed by atoms with E-state index in [0.717, 1.165) is 27.5 Å². The number of para-hydroxylation sites is 1. The summed E-state index contributed by atoms with van der Waals surface area (Å²) in [6, 6.07) is 10.3. The third-order valence-electron chi connectivity index (χ3n) is 3.21. The van der Waals surface area contributed by atoms with E-state index in [1.54, 1.807) is 0 Å². The third-order valence-corrected chi connectivity index (χ3v) is 3.21. The molecule has 0 saturated heterocycles. The first-order chi connectivity index (χ1) is 9.24. The quantitative estimate of drug-likeness (QED) is 0.786. The Morgan fingerprint density at radius 3 is 2.32 bits per heavy atom. The summed E-state index contributed by atoms with van der Waals surface area (Å²) in [5, 5.41) is 2.16. The topological polar surface area (TPSA) is 4.93 Å². The molecule has 0 aliphatic rings. The van der Waals surface area contributed by atoms with Crippen molar-refractivity contribution in [2.45, 2.75) is 13.8 Å². The highest BCUT2D eigenvalue weighted by Crippen LogP contribution is 2.13. The lowest BCUT2D eigenvalue weighted by molar-refractivity contribution is 1.01. The van der Waals surface area contributed by atoms with Gasteiger partial charge < -0.3 is 4.57 Å². The van der Waals surface area contributed by atoms with Crippen LogP contribution < -0.4 is 10.6 Å². The third kappa shape index (κ3) is 2.19. The van der Waals surface area contributed by atoms with Crippen LogP contribution in [0.2, 0.25) is 0 Å². The Balaban J connectivity index is 2.92. The summed E-state index contributed by atoms with van der Waals surface area (Å²) < 4.78 is 2.20. The van der Waals surface area contributed by atoms with Crippen LogP contribution >= 0.6 is 0 Å². The molecule has 1 heterocycles. The molecule has 1 heteroatoms. The molecule has 0 atom stereocenters. The Kier molecular flexibility index (Phi) is 3.86. The molecule has 2 aromatic rings. The second kappa shape index (κ2) is 5.57. The molecule has 0 saturated carbocycles. The molecule has 2 rings (SSSR count). The van der Waals surface area contributed by atoms with Crippen LogP contribution in [0.5, 0.6) is 0 Å². The van der Waals surface area contributed by atoms with Crippen molar-refractivity contribution in [3.05, 3.63) is 64.8 Å². The van der Waals surface area contributed by atoms with Crippen molar-refractivity contribution in [3.63, 3.8) is 0 Å². The smallest absolute Gasteiger partial charge is 0.0534 e. The van der Waals surface area contributed by atoms with Crippen LogP contribution in [0.4, 0.5) is 0 Å². The lowest BCUT2D eigenvalue weighted by Gasteiger charge is -2.07. The van der Waals surface area contributed by atoms with Gasteiger partial charge in [-0.25, -0.2) is 0 Å². The first-order valence-electron chi connectivity index (χ1n) is 6.45. The average molecular weight is 249 g/mol. The number of aromatic nitrogens is 1. The second-order valence-electron chi connectivity index (χ2n) is 4.33. The Labute approximate surface area is 114 Å². The predicted octanol–water partition coefficient (Wildman–Crippen LogP) is 3.36.